The molecule has 0 aliphatic rings. The fourth-order valence-corrected chi connectivity index (χ4v) is 3.34. The van der Waals surface area contributed by atoms with Crippen LogP contribution in [0, 0.1) is 0 Å². The highest BCUT2D eigenvalue weighted by molar-refractivity contribution is 9.09. The fourth-order valence-electron chi connectivity index (χ4n) is 3.18. The molecule has 152 valence electrons. The van der Waals surface area contributed by atoms with Crippen LogP contribution in [-0.4, -0.2) is 17.0 Å². The zero-order valence-electron chi connectivity index (χ0n) is 17.4. The number of hydrogen-bond donors (Lipinski definition) is 1. The summed E-state index contributed by atoms with van der Waals surface area (Å²) in [4.78, 5) is 0. The highest BCUT2D eigenvalue weighted by Gasteiger charge is 2.13. The van der Waals surface area contributed by atoms with Gasteiger partial charge in [0, 0.05) is 5.33 Å². The molecular formula is C26H29BrO2. The predicted octanol–water partition coefficient (Wildman–Crippen LogP) is 7.56. The van der Waals surface area contributed by atoms with Crippen molar-refractivity contribution in [3.8, 4) is 11.5 Å². The number of benzene rings is 3. The van der Waals surface area contributed by atoms with Gasteiger partial charge in [0.25, 0.3) is 0 Å². The van der Waals surface area contributed by atoms with Crippen LogP contribution < -0.4 is 4.74 Å². The third kappa shape index (κ3) is 6.23. The largest absolute Gasteiger partial charge is 0.508 e. The van der Waals surface area contributed by atoms with Crippen molar-refractivity contribution in [2.24, 2.45) is 0 Å². The average Bonchev–Trinajstić information content (AvgIpc) is 2.79. The summed E-state index contributed by atoms with van der Waals surface area (Å²) in [5.41, 5.74) is 5.88. The Hall–Kier alpha value is -2.52. The minimum absolute atomic E-state index is 0.273. The van der Waals surface area contributed by atoms with E-state index in [2.05, 4.69) is 59.3 Å². The number of phenols is 1. The summed E-state index contributed by atoms with van der Waals surface area (Å²) < 4.78 is 5.69. The lowest BCUT2D eigenvalue weighted by Gasteiger charge is -2.17. The first-order valence-electron chi connectivity index (χ1n) is 10.1. The smallest absolute Gasteiger partial charge is 0.119 e. The van der Waals surface area contributed by atoms with Gasteiger partial charge in [-0.05, 0) is 58.5 Å². The zero-order valence-corrected chi connectivity index (χ0v) is 18.9. The summed E-state index contributed by atoms with van der Waals surface area (Å²) in [5, 5.41) is 10.5. The first-order valence-corrected chi connectivity index (χ1v) is 11.2. The Labute approximate surface area is 183 Å². The van der Waals surface area contributed by atoms with E-state index in [4.69, 9.17) is 4.74 Å². The van der Waals surface area contributed by atoms with E-state index in [0.717, 1.165) is 28.6 Å². The fraction of sp³-hybridized carbons (Fsp3) is 0.231. The van der Waals surface area contributed by atoms with E-state index in [1.165, 1.54) is 16.7 Å². The molecular weight excluding hydrogens is 424 g/mol. The summed E-state index contributed by atoms with van der Waals surface area (Å²) in [6, 6.07) is 26.1. The van der Waals surface area contributed by atoms with Crippen LogP contribution in [0.2, 0.25) is 0 Å². The molecule has 3 heteroatoms. The van der Waals surface area contributed by atoms with E-state index in [1.54, 1.807) is 12.1 Å². The second kappa shape index (κ2) is 12.1. The molecule has 3 aromatic carbocycles. The summed E-state index contributed by atoms with van der Waals surface area (Å²) in [5.74, 6) is 1.13. The molecule has 0 unspecified atom stereocenters. The van der Waals surface area contributed by atoms with Gasteiger partial charge in [0.15, 0.2) is 0 Å². The van der Waals surface area contributed by atoms with Crippen molar-refractivity contribution in [1.29, 1.82) is 0 Å². The molecule has 0 aromatic heterocycles. The minimum Gasteiger partial charge on any atom is -0.508 e. The van der Waals surface area contributed by atoms with Crippen LogP contribution in [0.25, 0.3) is 11.1 Å². The lowest BCUT2D eigenvalue weighted by molar-refractivity contribution is 0.345. The van der Waals surface area contributed by atoms with E-state index in [-0.39, 0.29) is 5.75 Å². The molecule has 0 spiro atoms. The first-order chi connectivity index (χ1) is 14.2. The predicted molar refractivity (Wildman–Crippen MR) is 128 cm³/mol. The van der Waals surface area contributed by atoms with Gasteiger partial charge in [-0.2, -0.15) is 0 Å². The molecule has 0 saturated heterocycles. The summed E-state index contributed by atoms with van der Waals surface area (Å²) in [6.45, 7) is 6.82. The maximum Gasteiger partial charge on any atom is 0.119 e. The van der Waals surface area contributed by atoms with Crippen LogP contribution in [0.15, 0.2) is 78.9 Å². The van der Waals surface area contributed by atoms with Crippen LogP contribution >= 0.6 is 15.9 Å². The topological polar surface area (TPSA) is 29.5 Å². The van der Waals surface area contributed by atoms with Crippen molar-refractivity contribution in [3.63, 3.8) is 0 Å². The van der Waals surface area contributed by atoms with E-state index in [0.29, 0.717) is 6.61 Å². The Balaban J connectivity index is 0.00000145. The standard InChI is InChI=1S/C24H23BrO2.C2H6/c1-2-23(18-6-4-3-5-7-18)24(19-8-12-21(26)13-9-19)20-10-14-22(15-11-20)27-17-16-25;1-2/h3-15,26H,2,16-17H2,1H3;1-2H3/b24-23-;. The number of phenolic OH excluding ortho intramolecular Hbond substituents is 1. The lowest BCUT2D eigenvalue weighted by atomic mass is 9.88. The summed E-state index contributed by atoms with van der Waals surface area (Å²) >= 11 is 3.38. The molecule has 0 atom stereocenters. The van der Waals surface area contributed by atoms with Gasteiger partial charge in [-0.3, -0.25) is 0 Å². The Bertz CT molecular complexity index is 882. The van der Waals surface area contributed by atoms with Gasteiger partial charge in [0.2, 0.25) is 0 Å². The Kier molecular flexibility index (Phi) is 9.52. The quantitative estimate of drug-likeness (QED) is 0.295. The zero-order chi connectivity index (χ0) is 21.1. The molecule has 0 saturated carbocycles. The Morgan fingerprint density at radius 3 is 1.86 bits per heavy atom. The Morgan fingerprint density at radius 2 is 1.34 bits per heavy atom. The number of allylic oxidation sites excluding steroid dienone is 1. The molecule has 0 radical (unpaired) electrons. The van der Waals surface area contributed by atoms with Crippen molar-refractivity contribution in [3.05, 3.63) is 95.6 Å². The minimum atomic E-state index is 0.273. The third-order valence-corrected chi connectivity index (χ3v) is 4.75. The van der Waals surface area contributed by atoms with E-state index in [9.17, 15) is 5.11 Å². The second-order valence-corrected chi connectivity index (χ2v) is 6.97. The van der Waals surface area contributed by atoms with Gasteiger partial charge in [-0.1, -0.05) is 91.3 Å². The van der Waals surface area contributed by atoms with Crippen molar-refractivity contribution in [1.82, 2.24) is 0 Å². The van der Waals surface area contributed by atoms with Gasteiger partial charge in [-0.25, -0.2) is 0 Å². The van der Waals surface area contributed by atoms with E-state index >= 15 is 0 Å². The Morgan fingerprint density at radius 1 is 0.793 bits per heavy atom. The number of alkyl halides is 1. The highest BCUT2D eigenvalue weighted by Crippen LogP contribution is 2.35. The average molecular weight is 453 g/mol. The molecule has 1 N–H and O–H groups in total. The van der Waals surface area contributed by atoms with Crippen LogP contribution in [0.5, 0.6) is 11.5 Å². The maximum absolute atomic E-state index is 9.70. The number of aromatic hydroxyl groups is 1. The van der Waals surface area contributed by atoms with Gasteiger partial charge in [-0.15, -0.1) is 0 Å². The van der Waals surface area contributed by atoms with E-state index < -0.39 is 0 Å². The van der Waals surface area contributed by atoms with Crippen LogP contribution in [0.1, 0.15) is 43.9 Å². The number of halogens is 1. The number of ether oxygens (including phenoxy) is 1. The molecule has 3 rings (SSSR count). The van der Waals surface area contributed by atoms with Crippen LogP contribution in [0.4, 0.5) is 0 Å². The van der Waals surface area contributed by atoms with Crippen LogP contribution in [0.3, 0.4) is 0 Å². The summed E-state index contributed by atoms with van der Waals surface area (Å²) in [7, 11) is 0. The first kappa shape index (κ1) is 22.8. The lowest BCUT2D eigenvalue weighted by Crippen LogP contribution is -1.98. The summed E-state index contributed by atoms with van der Waals surface area (Å²) in [6.07, 6.45) is 0.905. The number of rotatable bonds is 7. The SMILES string of the molecule is CC.CC/C(=C(\c1ccc(O)cc1)c1ccc(OCCBr)cc1)c1ccccc1. The molecule has 3 aromatic rings. The van der Waals surface area contributed by atoms with Gasteiger partial charge >= 0.3 is 0 Å². The van der Waals surface area contributed by atoms with Crippen LogP contribution in [-0.2, 0) is 0 Å². The molecule has 0 amide bonds. The molecule has 0 aliphatic heterocycles. The van der Waals surface area contributed by atoms with Gasteiger partial charge in [0.05, 0.1) is 6.61 Å². The van der Waals surface area contributed by atoms with Crippen molar-refractivity contribution in [2.45, 2.75) is 27.2 Å². The highest BCUT2D eigenvalue weighted by atomic mass is 79.9. The number of hydrogen-bond acceptors (Lipinski definition) is 2. The van der Waals surface area contributed by atoms with Gasteiger partial charge < -0.3 is 9.84 Å². The second-order valence-electron chi connectivity index (χ2n) is 6.18. The maximum atomic E-state index is 9.70. The van der Waals surface area contributed by atoms with Crippen molar-refractivity contribution < 1.29 is 9.84 Å². The van der Waals surface area contributed by atoms with E-state index in [1.807, 2.05) is 44.2 Å². The molecule has 0 heterocycles. The monoisotopic (exact) mass is 452 g/mol. The third-order valence-electron chi connectivity index (χ3n) is 4.42. The molecule has 2 nitrogen and oxygen atoms in total. The van der Waals surface area contributed by atoms with Crippen molar-refractivity contribution >= 4 is 27.1 Å². The molecule has 0 bridgehead atoms. The van der Waals surface area contributed by atoms with Gasteiger partial charge in [0.1, 0.15) is 11.5 Å². The van der Waals surface area contributed by atoms with Crippen molar-refractivity contribution in [2.75, 3.05) is 11.9 Å². The normalized spacial score (nSPS) is 11.2. The molecule has 0 fully saturated rings. The molecule has 0 aliphatic carbocycles. The molecule has 29 heavy (non-hydrogen) atoms.